The summed E-state index contributed by atoms with van der Waals surface area (Å²) in [6.07, 6.45) is 3.19. The number of nitrogen functional groups attached to an aromatic ring is 1. The number of ketones is 1. The average Bonchev–Trinajstić information content (AvgIpc) is 2.48. The molecule has 0 saturated heterocycles. The van der Waals surface area contributed by atoms with E-state index in [1.165, 1.54) is 13.0 Å². The van der Waals surface area contributed by atoms with E-state index in [-0.39, 0.29) is 11.7 Å². The van der Waals surface area contributed by atoms with E-state index in [1.807, 2.05) is 6.07 Å². The van der Waals surface area contributed by atoms with E-state index in [9.17, 15) is 9.59 Å². The van der Waals surface area contributed by atoms with Crippen molar-refractivity contribution >= 4 is 29.1 Å². The molecule has 21 heavy (non-hydrogen) atoms. The van der Waals surface area contributed by atoms with Crippen molar-refractivity contribution in [3.63, 3.8) is 0 Å². The zero-order valence-electron chi connectivity index (χ0n) is 11.7. The van der Waals surface area contributed by atoms with Crippen LogP contribution in [-0.2, 0) is 4.79 Å². The summed E-state index contributed by atoms with van der Waals surface area (Å²) in [7, 11) is 0. The van der Waals surface area contributed by atoms with Gasteiger partial charge in [-0.15, -0.1) is 0 Å². The minimum absolute atomic E-state index is 0.0172. The molecule has 0 bridgehead atoms. The van der Waals surface area contributed by atoms with Gasteiger partial charge in [-0.05, 0) is 42.8 Å². The third-order valence-electron chi connectivity index (χ3n) is 2.89. The maximum absolute atomic E-state index is 12.1. The number of rotatable bonds is 4. The first kappa shape index (κ1) is 14.5. The summed E-state index contributed by atoms with van der Waals surface area (Å²) in [6, 6.07) is 14.1. The van der Waals surface area contributed by atoms with Gasteiger partial charge in [-0.25, -0.2) is 0 Å². The lowest BCUT2D eigenvalue weighted by atomic mass is 10.1. The molecule has 2 aromatic carbocycles. The highest BCUT2D eigenvalue weighted by molar-refractivity contribution is 6.05. The summed E-state index contributed by atoms with van der Waals surface area (Å²) in [5, 5.41) is 2.76. The van der Waals surface area contributed by atoms with Crippen LogP contribution in [0, 0.1) is 0 Å². The molecule has 0 unspecified atom stereocenters. The Kier molecular flexibility index (Phi) is 4.51. The molecule has 0 aliphatic carbocycles. The Labute approximate surface area is 123 Å². The van der Waals surface area contributed by atoms with Crippen LogP contribution in [0.1, 0.15) is 22.8 Å². The highest BCUT2D eigenvalue weighted by Crippen LogP contribution is 2.18. The minimum Gasteiger partial charge on any atom is -0.397 e. The molecule has 4 heteroatoms. The molecule has 0 aliphatic rings. The molecule has 0 saturated carbocycles. The van der Waals surface area contributed by atoms with E-state index in [0.717, 1.165) is 5.56 Å². The molecule has 106 valence electrons. The Morgan fingerprint density at radius 3 is 2.33 bits per heavy atom. The lowest BCUT2D eigenvalue weighted by Crippen LogP contribution is -2.12. The number of hydrogen-bond acceptors (Lipinski definition) is 3. The molecule has 0 aromatic heterocycles. The summed E-state index contributed by atoms with van der Waals surface area (Å²) < 4.78 is 0. The second kappa shape index (κ2) is 6.52. The Hall–Kier alpha value is -2.88. The van der Waals surface area contributed by atoms with Crippen LogP contribution < -0.4 is 11.1 Å². The highest BCUT2D eigenvalue weighted by Gasteiger charge is 2.07. The average molecular weight is 280 g/mol. The molecule has 2 aromatic rings. The van der Waals surface area contributed by atoms with Gasteiger partial charge in [-0.1, -0.05) is 30.3 Å². The van der Waals surface area contributed by atoms with Crippen molar-refractivity contribution in [1.82, 2.24) is 0 Å². The molecule has 0 spiro atoms. The molecule has 4 nitrogen and oxygen atoms in total. The molecule has 0 aliphatic heterocycles. The third kappa shape index (κ3) is 4.04. The normalized spacial score (nSPS) is 10.5. The summed E-state index contributed by atoms with van der Waals surface area (Å²) >= 11 is 0. The monoisotopic (exact) mass is 280 g/mol. The first-order valence-electron chi connectivity index (χ1n) is 6.51. The van der Waals surface area contributed by atoms with Crippen LogP contribution >= 0.6 is 0 Å². The lowest BCUT2D eigenvalue weighted by Gasteiger charge is -2.07. The fourth-order valence-electron chi connectivity index (χ4n) is 1.76. The van der Waals surface area contributed by atoms with Crippen LogP contribution in [0.3, 0.4) is 0 Å². The third-order valence-corrected chi connectivity index (χ3v) is 2.89. The number of allylic oxidation sites excluding steroid dienone is 1. The lowest BCUT2D eigenvalue weighted by molar-refractivity contribution is -0.112. The molecular weight excluding hydrogens is 264 g/mol. The first-order valence-corrected chi connectivity index (χ1v) is 6.51. The number of carbonyl (C=O) groups is 2. The van der Waals surface area contributed by atoms with Crippen molar-refractivity contribution in [2.75, 3.05) is 11.1 Å². The predicted molar refractivity (Wildman–Crippen MR) is 85.0 cm³/mol. The number of anilines is 2. The maximum atomic E-state index is 12.1. The Bertz CT molecular complexity index is 688. The topological polar surface area (TPSA) is 72.2 Å². The van der Waals surface area contributed by atoms with Crippen molar-refractivity contribution in [3.05, 3.63) is 65.7 Å². The molecule has 0 heterocycles. The van der Waals surface area contributed by atoms with E-state index < -0.39 is 0 Å². The van der Waals surface area contributed by atoms with Crippen LogP contribution in [0.5, 0.6) is 0 Å². The number of amides is 1. The summed E-state index contributed by atoms with van der Waals surface area (Å²) in [6.45, 7) is 1.49. The molecule has 1 amide bonds. The Morgan fingerprint density at radius 1 is 1.05 bits per heavy atom. The van der Waals surface area contributed by atoms with Gasteiger partial charge in [0, 0.05) is 5.56 Å². The van der Waals surface area contributed by atoms with Gasteiger partial charge in [-0.3, -0.25) is 9.59 Å². The van der Waals surface area contributed by atoms with E-state index in [2.05, 4.69) is 5.32 Å². The number of hydrogen-bond donors (Lipinski definition) is 2. The van der Waals surface area contributed by atoms with Gasteiger partial charge >= 0.3 is 0 Å². The number of carbonyl (C=O) groups excluding carboxylic acids is 2. The van der Waals surface area contributed by atoms with Crippen LogP contribution in [0.25, 0.3) is 6.08 Å². The quantitative estimate of drug-likeness (QED) is 0.667. The van der Waals surface area contributed by atoms with Crippen LogP contribution in [-0.4, -0.2) is 11.7 Å². The number of benzene rings is 2. The van der Waals surface area contributed by atoms with Crippen molar-refractivity contribution in [2.24, 2.45) is 0 Å². The summed E-state index contributed by atoms with van der Waals surface area (Å²) in [5.74, 6) is -0.244. The first-order chi connectivity index (χ1) is 10.1. The van der Waals surface area contributed by atoms with Crippen molar-refractivity contribution < 1.29 is 9.59 Å². The van der Waals surface area contributed by atoms with Crippen molar-refractivity contribution in [1.29, 1.82) is 0 Å². The van der Waals surface area contributed by atoms with Gasteiger partial charge in [-0.2, -0.15) is 0 Å². The van der Waals surface area contributed by atoms with E-state index in [1.54, 1.807) is 48.5 Å². The number of para-hydroxylation sites is 2. The minimum atomic E-state index is -0.227. The highest BCUT2D eigenvalue weighted by atomic mass is 16.1. The second-order valence-electron chi connectivity index (χ2n) is 4.61. The Morgan fingerprint density at radius 2 is 1.71 bits per heavy atom. The van der Waals surface area contributed by atoms with Crippen LogP contribution in [0.15, 0.2) is 54.6 Å². The molecule has 3 N–H and O–H groups in total. The van der Waals surface area contributed by atoms with Gasteiger partial charge in [0.25, 0.3) is 5.91 Å². The Balaban J connectivity index is 2.10. The van der Waals surface area contributed by atoms with Gasteiger partial charge < -0.3 is 11.1 Å². The SMILES string of the molecule is CC(=O)/C=C/c1ccc(C(=O)Nc2ccccc2N)cc1. The fraction of sp³-hybridized carbons (Fsp3) is 0.0588. The van der Waals surface area contributed by atoms with Crippen molar-refractivity contribution in [2.45, 2.75) is 6.92 Å². The largest absolute Gasteiger partial charge is 0.397 e. The van der Waals surface area contributed by atoms with E-state index >= 15 is 0 Å². The fourth-order valence-corrected chi connectivity index (χ4v) is 1.76. The second-order valence-corrected chi connectivity index (χ2v) is 4.61. The molecule has 0 radical (unpaired) electrons. The number of nitrogens with one attached hydrogen (secondary N) is 1. The maximum Gasteiger partial charge on any atom is 0.255 e. The van der Waals surface area contributed by atoms with Gasteiger partial charge in [0.2, 0.25) is 0 Å². The summed E-state index contributed by atoms with van der Waals surface area (Å²) in [4.78, 5) is 23.0. The van der Waals surface area contributed by atoms with Crippen molar-refractivity contribution in [3.8, 4) is 0 Å². The van der Waals surface area contributed by atoms with E-state index in [0.29, 0.717) is 16.9 Å². The standard InChI is InChI=1S/C17H16N2O2/c1-12(20)6-7-13-8-10-14(11-9-13)17(21)19-16-5-3-2-4-15(16)18/h2-11H,18H2,1H3,(H,19,21)/b7-6+. The predicted octanol–water partition coefficient (Wildman–Crippen LogP) is 3.12. The van der Waals surface area contributed by atoms with Crippen LogP contribution in [0.2, 0.25) is 0 Å². The van der Waals surface area contributed by atoms with Crippen LogP contribution in [0.4, 0.5) is 11.4 Å². The molecular formula is C17H16N2O2. The van der Waals surface area contributed by atoms with Gasteiger partial charge in [0.1, 0.15) is 0 Å². The molecule has 0 atom stereocenters. The summed E-state index contributed by atoms with van der Waals surface area (Å²) in [5.41, 5.74) is 8.28. The number of nitrogens with two attached hydrogens (primary N) is 1. The molecule has 2 rings (SSSR count). The van der Waals surface area contributed by atoms with E-state index in [4.69, 9.17) is 5.73 Å². The smallest absolute Gasteiger partial charge is 0.255 e. The van der Waals surface area contributed by atoms with Gasteiger partial charge in [0.15, 0.2) is 5.78 Å². The zero-order valence-corrected chi connectivity index (χ0v) is 11.7. The molecule has 0 fully saturated rings. The van der Waals surface area contributed by atoms with Gasteiger partial charge in [0.05, 0.1) is 11.4 Å². The zero-order chi connectivity index (χ0) is 15.2.